The molecule has 5 nitrogen and oxygen atoms in total. The van der Waals surface area contributed by atoms with Crippen molar-refractivity contribution in [1.82, 2.24) is 4.98 Å². The molecule has 1 aromatic heterocycles. The highest BCUT2D eigenvalue weighted by molar-refractivity contribution is 7.15. The monoisotopic (exact) mass is 327 g/mol. The zero-order valence-corrected chi connectivity index (χ0v) is 13.4. The van der Waals surface area contributed by atoms with Crippen LogP contribution in [0, 0.1) is 0 Å². The molecule has 118 valence electrons. The molecular weight excluding hydrogens is 310 g/mol. The SMILES string of the molecule is O=C(Nc1nc2c(s1)CCCC2)C1CC(c2ccccc2)=NO1. The lowest BCUT2D eigenvalue weighted by Crippen LogP contribution is -2.28. The van der Waals surface area contributed by atoms with Gasteiger partial charge in [0.25, 0.3) is 5.91 Å². The number of carbonyl (C=O) groups is 1. The number of thiazole rings is 1. The molecule has 1 amide bonds. The first-order valence-electron chi connectivity index (χ1n) is 7.87. The maximum Gasteiger partial charge on any atom is 0.270 e. The predicted molar refractivity (Wildman–Crippen MR) is 89.9 cm³/mol. The Morgan fingerprint density at radius 2 is 2.04 bits per heavy atom. The normalized spacial score (nSPS) is 19.7. The molecule has 1 aromatic carbocycles. The number of aryl methyl sites for hydroxylation is 2. The van der Waals surface area contributed by atoms with Gasteiger partial charge in [0.2, 0.25) is 6.10 Å². The number of hydrogen-bond donors (Lipinski definition) is 1. The van der Waals surface area contributed by atoms with Crippen molar-refractivity contribution >= 4 is 28.1 Å². The first-order chi connectivity index (χ1) is 11.3. The molecule has 0 spiro atoms. The largest absolute Gasteiger partial charge is 0.382 e. The van der Waals surface area contributed by atoms with E-state index in [1.807, 2.05) is 30.3 Å². The van der Waals surface area contributed by atoms with E-state index in [1.54, 1.807) is 11.3 Å². The van der Waals surface area contributed by atoms with Crippen molar-refractivity contribution in [3.8, 4) is 0 Å². The molecule has 1 N–H and O–H groups in total. The molecule has 2 aromatic rings. The molecule has 0 saturated heterocycles. The summed E-state index contributed by atoms with van der Waals surface area (Å²) >= 11 is 1.58. The molecule has 1 aliphatic heterocycles. The van der Waals surface area contributed by atoms with E-state index in [0.717, 1.165) is 29.8 Å². The van der Waals surface area contributed by atoms with Gasteiger partial charge in [-0.25, -0.2) is 4.98 Å². The number of nitrogens with zero attached hydrogens (tertiary/aromatic N) is 2. The maximum atomic E-state index is 12.4. The summed E-state index contributed by atoms with van der Waals surface area (Å²) in [5.41, 5.74) is 2.95. The van der Waals surface area contributed by atoms with E-state index in [2.05, 4.69) is 15.5 Å². The molecule has 6 heteroatoms. The van der Waals surface area contributed by atoms with E-state index in [0.29, 0.717) is 11.6 Å². The lowest BCUT2D eigenvalue weighted by Gasteiger charge is -2.07. The number of amides is 1. The minimum atomic E-state index is -0.578. The first-order valence-corrected chi connectivity index (χ1v) is 8.69. The average molecular weight is 327 g/mol. The van der Waals surface area contributed by atoms with Crippen molar-refractivity contribution in [3.05, 3.63) is 46.5 Å². The van der Waals surface area contributed by atoms with Crippen LogP contribution in [0.1, 0.15) is 35.4 Å². The minimum absolute atomic E-state index is 0.175. The Balaban J connectivity index is 1.40. The summed E-state index contributed by atoms with van der Waals surface area (Å²) in [6, 6.07) is 9.79. The third-order valence-electron chi connectivity index (χ3n) is 4.14. The van der Waals surface area contributed by atoms with Crippen LogP contribution in [0.25, 0.3) is 0 Å². The highest BCUT2D eigenvalue weighted by atomic mass is 32.1. The molecule has 2 heterocycles. The zero-order valence-electron chi connectivity index (χ0n) is 12.6. The molecule has 1 unspecified atom stereocenters. The third-order valence-corrected chi connectivity index (χ3v) is 5.22. The Morgan fingerprint density at radius 1 is 1.22 bits per heavy atom. The lowest BCUT2D eigenvalue weighted by atomic mass is 10.0. The molecule has 0 radical (unpaired) electrons. The van der Waals surface area contributed by atoms with Crippen LogP contribution < -0.4 is 5.32 Å². The van der Waals surface area contributed by atoms with E-state index in [9.17, 15) is 4.79 Å². The Hall–Kier alpha value is -2.21. The van der Waals surface area contributed by atoms with Crippen LogP contribution in [0.2, 0.25) is 0 Å². The number of rotatable bonds is 3. The molecule has 0 bridgehead atoms. The molecule has 23 heavy (non-hydrogen) atoms. The summed E-state index contributed by atoms with van der Waals surface area (Å²) in [5.74, 6) is -0.175. The van der Waals surface area contributed by atoms with E-state index < -0.39 is 6.10 Å². The quantitative estimate of drug-likeness (QED) is 0.942. The molecule has 2 aliphatic rings. The van der Waals surface area contributed by atoms with Gasteiger partial charge in [-0.1, -0.05) is 35.5 Å². The minimum Gasteiger partial charge on any atom is -0.382 e. The van der Waals surface area contributed by atoms with E-state index in [1.165, 1.54) is 17.7 Å². The number of oxime groups is 1. The van der Waals surface area contributed by atoms with Gasteiger partial charge in [-0.15, -0.1) is 11.3 Å². The van der Waals surface area contributed by atoms with Crippen molar-refractivity contribution < 1.29 is 9.63 Å². The number of hydrogen-bond acceptors (Lipinski definition) is 5. The van der Waals surface area contributed by atoms with Crippen LogP contribution in [0.15, 0.2) is 35.5 Å². The first kappa shape index (κ1) is 14.4. The summed E-state index contributed by atoms with van der Waals surface area (Å²) in [6.45, 7) is 0. The van der Waals surface area contributed by atoms with Crippen LogP contribution in [-0.2, 0) is 22.5 Å². The number of anilines is 1. The number of carbonyl (C=O) groups excluding carboxylic acids is 1. The number of fused-ring (bicyclic) bond motifs is 1. The van der Waals surface area contributed by atoms with Gasteiger partial charge in [0.05, 0.1) is 11.4 Å². The molecule has 4 rings (SSSR count). The summed E-state index contributed by atoms with van der Waals surface area (Å²) in [5, 5.41) is 7.62. The van der Waals surface area contributed by atoms with E-state index in [-0.39, 0.29) is 5.91 Å². The fraction of sp³-hybridized carbons (Fsp3) is 0.353. The summed E-state index contributed by atoms with van der Waals surface area (Å²) < 4.78 is 0. The summed E-state index contributed by atoms with van der Waals surface area (Å²) in [6.07, 6.45) is 4.40. The van der Waals surface area contributed by atoms with Crippen LogP contribution in [0.5, 0.6) is 0 Å². The van der Waals surface area contributed by atoms with Gasteiger partial charge in [0, 0.05) is 11.3 Å². The van der Waals surface area contributed by atoms with Crippen molar-refractivity contribution in [2.24, 2.45) is 5.16 Å². The lowest BCUT2D eigenvalue weighted by molar-refractivity contribution is -0.125. The van der Waals surface area contributed by atoms with Gasteiger partial charge in [0.15, 0.2) is 5.13 Å². The van der Waals surface area contributed by atoms with Crippen molar-refractivity contribution in [1.29, 1.82) is 0 Å². The maximum absolute atomic E-state index is 12.4. The highest BCUT2D eigenvalue weighted by Crippen LogP contribution is 2.30. The Morgan fingerprint density at radius 3 is 2.87 bits per heavy atom. The number of benzene rings is 1. The van der Waals surface area contributed by atoms with Crippen molar-refractivity contribution in [2.45, 2.75) is 38.2 Å². The molecule has 1 aliphatic carbocycles. The topological polar surface area (TPSA) is 63.6 Å². The molecule has 0 fully saturated rings. The van der Waals surface area contributed by atoms with Gasteiger partial charge in [-0.2, -0.15) is 0 Å². The zero-order chi connectivity index (χ0) is 15.6. The molecular formula is C17H17N3O2S. The Kier molecular flexibility index (Phi) is 3.83. The van der Waals surface area contributed by atoms with Gasteiger partial charge in [0.1, 0.15) is 0 Å². The second-order valence-electron chi connectivity index (χ2n) is 5.79. The fourth-order valence-electron chi connectivity index (χ4n) is 2.91. The third kappa shape index (κ3) is 2.99. The number of aromatic nitrogens is 1. The Bertz CT molecular complexity index is 731. The van der Waals surface area contributed by atoms with Crippen molar-refractivity contribution in [2.75, 3.05) is 5.32 Å². The molecule has 1 atom stereocenters. The van der Waals surface area contributed by atoms with Gasteiger partial charge in [-0.05, 0) is 31.2 Å². The summed E-state index contributed by atoms with van der Waals surface area (Å²) in [7, 11) is 0. The predicted octanol–water partition coefficient (Wildman–Crippen LogP) is 3.15. The van der Waals surface area contributed by atoms with Crippen LogP contribution in [-0.4, -0.2) is 22.7 Å². The van der Waals surface area contributed by atoms with Gasteiger partial charge < -0.3 is 4.84 Å². The van der Waals surface area contributed by atoms with Crippen molar-refractivity contribution in [3.63, 3.8) is 0 Å². The fourth-order valence-corrected chi connectivity index (χ4v) is 3.96. The average Bonchev–Trinajstić information content (AvgIpc) is 3.22. The van der Waals surface area contributed by atoms with Gasteiger partial charge in [-0.3, -0.25) is 10.1 Å². The smallest absolute Gasteiger partial charge is 0.270 e. The van der Waals surface area contributed by atoms with E-state index in [4.69, 9.17) is 4.84 Å². The number of nitrogens with one attached hydrogen (secondary N) is 1. The second-order valence-corrected chi connectivity index (χ2v) is 6.87. The van der Waals surface area contributed by atoms with Gasteiger partial charge >= 0.3 is 0 Å². The second kappa shape index (κ2) is 6.12. The Labute approximate surface area is 138 Å². The van der Waals surface area contributed by atoms with Crippen LogP contribution >= 0.6 is 11.3 Å². The standard InChI is InChI=1S/C17H17N3O2S/c21-16(19-17-18-12-8-4-5-9-15(12)23-17)14-10-13(20-22-14)11-6-2-1-3-7-11/h1-3,6-7,14H,4-5,8-10H2,(H,18,19,21). The summed E-state index contributed by atoms with van der Waals surface area (Å²) in [4.78, 5) is 23.5. The molecule has 0 saturated carbocycles. The van der Waals surface area contributed by atoms with Crippen LogP contribution in [0.3, 0.4) is 0 Å². The van der Waals surface area contributed by atoms with Crippen LogP contribution in [0.4, 0.5) is 5.13 Å². The highest BCUT2D eigenvalue weighted by Gasteiger charge is 2.29. The van der Waals surface area contributed by atoms with E-state index >= 15 is 0 Å².